The summed E-state index contributed by atoms with van der Waals surface area (Å²) in [6, 6.07) is 4.05. The third-order valence-electron chi connectivity index (χ3n) is 1.47. The molecule has 5 nitrogen and oxygen atoms in total. The lowest BCUT2D eigenvalue weighted by atomic mass is 10.2. The number of nitro benzene ring substituents is 1. The summed E-state index contributed by atoms with van der Waals surface area (Å²) in [7, 11) is 0. The van der Waals surface area contributed by atoms with Gasteiger partial charge in [0.15, 0.2) is 0 Å². The third-order valence-corrected chi connectivity index (χ3v) is 1.70. The monoisotopic (exact) mass is 214 g/mol. The molecule has 0 heterocycles. The first-order chi connectivity index (χ1) is 6.50. The van der Waals surface area contributed by atoms with E-state index in [4.69, 9.17) is 11.6 Å². The smallest absolute Gasteiger partial charge is 0.294 e. The van der Waals surface area contributed by atoms with E-state index in [9.17, 15) is 14.9 Å². The van der Waals surface area contributed by atoms with Crippen molar-refractivity contribution in [3.05, 3.63) is 33.3 Å². The normalized spacial score (nSPS) is 9.57. The van der Waals surface area contributed by atoms with E-state index in [1.54, 1.807) is 0 Å². The molecule has 1 aromatic rings. The first-order valence-electron chi connectivity index (χ1n) is 3.72. The Morgan fingerprint density at radius 3 is 2.71 bits per heavy atom. The Morgan fingerprint density at radius 1 is 1.57 bits per heavy atom. The van der Waals surface area contributed by atoms with Crippen molar-refractivity contribution in [2.24, 2.45) is 0 Å². The maximum Gasteiger partial charge on any atom is 0.294 e. The second kappa shape index (κ2) is 4.06. The van der Waals surface area contributed by atoms with Gasteiger partial charge in [0.2, 0.25) is 5.91 Å². The third kappa shape index (κ3) is 2.43. The Labute approximate surface area is 84.8 Å². The Morgan fingerprint density at radius 2 is 2.21 bits per heavy atom. The Bertz CT molecular complexity index is 392. The van der Waals surface area contributed by atoms with Crippen molar-refractivity contribution in [2.75, 3.05) is 5.32 Å². The van der Waals surface area contributed by atoms with Gasteiger partial charge in [-0.1, -0.05) is 11.6 Å². The van der Waals surface area contributed by atoms with Crippen LogP contribution in [-0.4, -0.2) is 10.8 Å². The molecule has 1 aromatic carbocycles. The van der Waals surface area contributed by atoms with E-state index in [2.05, 4.69) is 5.32 Å². The predicted molar refractivity (Wildman–Crippen MR) is 52.4 cm³/mol. The number of nitrogens with zero attached hydrogens (tertiary/aromatic N) is 1. The zero-order valence-corrected chi connectivity index (χ0v) is 8.04. The van der Waals surface area contributed by atoms with Crippen molar-refractivity contribution in [1.82, 2.24) is 0 Å². The quantitative estimate of drug-likeness (QED) is 0.606. The van der Waals surface area contributed by atoms with E-state index < -0.39 is 4.92 Å². The van der Waals surface area contributed by atoms with Crippen LogP contribution >= 0.6 is 11.6 Å². The summed E-state index contributed by atoms with van der Waals surface area (Å²) >= 11 is 5.58. The summed E-state index contributed by atoms with van der Waals surface area (Å²) in [6.07, 6.45) is 0. The number of rotatable bonds is 2. The van der Waals surface area contributed by atoms with Crippen LogP contribution in [0.15, 0.2) is 18.2 Å². The van der Waals surface area contributed by atoms with Gasteiger partial charge in [-0.25, -0.2) is 0 Å². The van der Waals surface area contributed by atoms with Gasteiger partial charge in [0.1, 0.15) is 5.69 Å². The lowest BCUT2D eigenvalue weighted by molar-refractivity contribution is -0.383. The second-order valence-electron chi connectivity index (χ2n) is 2.60. The van der Waals surface area contributed by atoms with Gasteiger partial charge in [0.05, 0.1) is 4.92 Å². The van der Waals surface area contributed by atoms with E-state index in [0.29, 0.717) is 0 Å². The van der Waals surface area contributed by atoms with Gasteiger partial charge in [-0.2, -0.15) is 0 Å². The molecule has 0 bridgehead atoms. The van der Waals surface area contributed by atoms with E-state index >= 15 is 0 Å². The SMILES string of the molecule is CC(=O)Nc1ccc(Cl)cc1[N+](=O)[O-]. The van der Waals surface area contributed by atoms with E-state index in [1.807, 2.05) is 0 Å². The van der Waals surface area contributed by atoms with Crippen LogP contribution in [0.5, 0.6) is 0 Å². The van der Waals surface area contributed by atoms with Crippen molar-refractivity contribution in [3.63, 3.8) is 0 Å². The van der Waals surface area contributed by atoms with Crippen LogP contribution in [0.1, 0.15) is 6.92 Å². The largest absolute Gasteiger partial charge is 0.321 e. The van der Waals surface area contributed by atoms with Crippen LogP contribution in [0, 0.1) is 10.1 Å². The van der Waals surface area contributed by atoms with Gasteiger partial charge in [0, 0.05) is 18.0 Å². The van der Waals surface area contributed by atoms with Crippen LogP contribution in [0.4, 0.5) is 11.4 Å². The number of carbonyl (C=O) groups excluding carboxylic acids is 1. The first kappa shape index (κ1) is 10.5. The number of nitro groups is 1. The van der Waals surface area contributed by atoms with Crippen LogP contribution in [0.3, 0.4) is 0 Å². The lowest BCUT2D eigenvalue weighted by Gasteiger charge is -2.02. The van der Waals surface area contributed by atoms with E-state index in [-0.39, 0.29) is 22.3 Å². The number of hydrogen-bond donors (Lipinski definition) is 1. The summed E-state index contributed by atoms with van der Waals surface area (Å²) in [4.78, 5) is 20.7. The molecule has 0 atom stereocenters. The molecule has 74 valence electrons. The topological polar surface area (TPSA) is 72.2 Å². The molecule has 1 amide bonds. The number of benzene rings is 1. The molecule has 6 heteroatoms. The number of nitrogens with one attached hydrogen (secondary N) is 1. The fourth-order valence-electron chi connectivity index (χ4n) is 0.951. The molecule has 0 fully saturated rings. The van der Waals surface area contributed by atoms with Crippen molar-refractivity contribution < 1.29 is 9.72 Å². The van der Waals surface area contributed by atoms with Crippen LogP contribution in [0.25, 0.3) is 0 Å². The van der Waals surface area contributed by atoms with Gasteiger partial charge < -0.3 is 5.32 Å². The molecular weight excluding hydrogens is 208 g/mol. The van der Waals surface area contributed by atoms with Gasteiger partial charge in [-0.05, 0) is 12.1 Å². The molecule has 1 N–H and O–H groups in total. The summed E-state index contributed by atoms with van der Waals surface area (Å²) in [5, 5.41) is 13.1. The van der Waals surface area contributed by atoms with Crippen molar-refractivity contribution >= 4 is 28.9 Å². The van der Waals surface area contributed by atoms with Crippen LogP contribution in [0.2, 0.25) is 5.02 Å². The molecule has 0 saturated carbocycles. The lowest BCUT2D eigenvalue weighted by Crippen LogP contribution is -2.07. The Kier molecular flexibility index (Phi) is 3.03. The maximum atomic E-state index is 10.7. The van der Waals surface area contributed by atoms with Gasteiger partial charge in [-0.15, -0.1) is 0 Å². The molecule has 0 aliphatic heterocycles. The number of halogens is 1. The summed E-state index contributed by atoms with van der Waals surface area (Å²) in [5.41, 5.74) is -0.0698. The van der Waals surface area contributed by atoms with Gasteiger partial charge in [-0.3, -0.25) is 14.9 Å². The summed E-state index contributed by atoms with van der Waals surface area (Å²) in [6.45, 7) is 1.28. The molecule has 0 unspecified atom stereocenters. The highest BCUT2D eigenvalue weighted by molar-refractivity contribution is 6.31. The fourth-order valence-corrected chi connectivity index (χ4v) is 1.12. The van der Waals surface area contributed by atoms with Crippen molar-refractivity contribution in [1.29, 1.82) is 0 Å². The molecule has 0 spiro atoms. The highest BCUT2D eigenvalue weighted by Crippen LogP contribution is 2.27. The standard InChI is InChI=1S/C8H7ClN2O3/c1-5(12)10-7-3-2-6(9)4-8(7)11(13)14/h2-4H,1H3,(H,10,12). The zero-order chi connectivity index (χ0) is 10.7. The Balaban J connectivity index is 3.14. The molecule has 14 heavy (non-hydrogen) atoms. The molecule has 0 aliphatic rings. The maximum absolute atomic E-state index is 10.7. The zero-order valence-electron chi connectivity index (χ0n) is 7.28. The molecule has 0 aromatic heterocycles. The van der Waals surface area contributed by atoms with E-state index in [0.717, 1.165) is 0 Å². The fraction of sp³-hybridized carbons (Fsp3) is 0.125. The van der Waals surface area contributed by atoms with Crippen LogP contribution < -0.4 is 5.32 Å². The number of amides is 1. The van der Waals surface area contributed by atoms with E-state index in [1.165, 1.54) is 25.1 Å². The number of carbonyl (C=O) groups is 1. The predicted octanol–water partition coefficient (Wildman–Crippen LogP) is 2.21. The minimum absolute atomic E-state index is 0.145. The number of anilines is 1. The van der Waals surface area contributed by atoms with Crippen molar-refractivity contribution in [2.45, 2.75) is 6.92 Å². The molecule has 1 rings (SSSR count). The molecule has 0 saturated heterocycles. The minimum atomic E-state index is -0.600. The highest BCUT2D eigenvalue weighted by atomic mass is 35.5. The average Bonchev–Trinajstić information content (AvgIpc) is 2.07. The number of hydrogen-bond acceptors (Lipinski definition) is 3. The summed E-state index contributed by atoms with van der Waals surface area (Å²) < 4.78 is 0. The van der Waals surface area contributed by atoms with Crippen molar-refractivity contribution in [3.8, 4) is 0 Å². The molecule has 0 aliphatic carbocycles. The second-order valence-corrected chi connectivity index (χ2v) is 3.04. The van der Waals surface area contributed by atoms with Gasteiger partial charge >= 0.3 is 0 Å². The molecular formula is C8H7ClN2O3. The summed E-state index contributed by atoms with van der Waals surface area (Å²) in [5.74, 6) is -0.365. The first-order valence-corrected chi connectivity index (χ1v) is 4.10. The average molecular weight is 215 g/mol. The van der Waals surface area contributed by atoms with Gasteiger partial charge in [0.25, 0.3) is 5.69 Å². The molecule has 0 radical (unpaired) electrons. The highest BCUT2D eigenvalue weighted by Gasteiger charge is 2.14. The minimum Gasteiger partial charge on any atom is -0.321 e. The Hall–Kier alpha value is -1.62. The van der Waals surface area contributed by atoms with Crippen LogP contribution in [-0.2, 0) is 4.79 Å².